The van der Waals surface area contributed by atoms with E-state index in [2.05, 4.69) is 15.0 Å². The number of carbonyl (C=O) groups is 1. The van der Waals surface area contributed by atoms with Crippen LogP contribution in [0.2, 0.25) is 0 Å². The monoisotopic (exact) mass is 339 g/mol. The van der Waals surface area contributed by atoms with Gasteiger partial charge in [0.1, 0.15) is 0 Å². The molecule has 1 aromatic heterocycles. The summed E-state index contributed by atoms with van der Waals surface area (Å²) in [4.78, 5) is 17.5. The van der Waals surface area contributed by atoms with Crippen LogP contribution in [0.3, 0.4) is 0 Å². The second-order valence-corrected chi connectivity index (χ2v) is 4.85. The van der Waals surface area contributed by atoms with E-state index in [1.807, 2.05) is 0 Å². The fourth-order valence-corrected chi connectivity index (χ4v) is 2.09. The number of nitrogens with one attached hydrogen (secondary N) is 1. The molecule has 1 amide bonds. The number of hydrogen-bond donors (Lipinski definition) is 1. The van der Waals surface area contributed by atoms with Crippen LogP contribution in [0.4, 0.5) is 13.2 Å². The Morgan fingerprint density at radius 2 is 2.23 bits per heavy atom. The predicted molar refractivity (Wildman–Crippen MR) is 76.4 cm³/mol. The highest BCUT2D eigenvalue weighted by atomic mass is 35.5. The molecule has 1 unspecified atom stereocenters. The van der Waals surface area contributed by atoms with Gasteiger partial charge >= 0.3 is 6.18 Å². The van der Waals surface area contributed by atoms with Gasteiger partial charge in [0.25, 0.3) is 5.91 Å². The molecule has 0 aromatic carbocycles. The largest absolute Gasteiger partial charge is 0.468 e. The van der Waals surface area contributed by atoms with Crippen molar-refractivity contribution in [2.45, 2.75) is 18.6 Å². The molecular formula is C13H17ClF3N3O2. The minimum Gasteiger partial charge on any atom is -0.468 e. The van der Waals surface area contributed by atoms with Crippen LogP contribution in [-0.2, 0) is 0 Å². The first-order valence-corrected chi connectivity index (χ1v) is 6.50. The first-order valence-electron chi connectivity index (χ1n) is 6.50. The first-order chi connectivity index (χ1) is 9.87. The van der Waals surface area contributed by atoms with Crippen molar-refractivity contribution < 1.29 is 22.7 Å². The standard InChI is InChI=1S/C13H16F3N3O2.ClH/c1-19(10-4-5-17-7-10)12(20)9-2-3-11(18-6-9)21-8-13(14,15)16;/h2-3,6,10,17H,4-5,7-8H2,1H3;1H. The van der Waals surface area contributed by atoms with Gasteiger partial charge < -0.3 is 15.0 Å². The summed E-state index contributed by atoms with van der Waals surface area (Å²) in [6.07, 6.45) is -2.30. The highest BCUT2D eigenvalue weighted by Gasteiger charge is 2.29. The molecule has 2 heterocycles. The van der Waals surface area contributed by atoms with E-state index in [4.69, 9.17) is 0 Å². The topological polar surface area (TPSA) is 54.5 Å². The Morgan fingerprint density at radius 3 is 2.73 bits per heavy atom. The van der Waals surface area contributed by atoms with Crippen molar-refractivity contribution >= 4 is 18.3 Å². The van der Waals surface area contributed by atoms with E-state index >= 15 is 0 Å². The molecule has 0 saturated carbocycles. The SMILES string of the molecule is CN(C(=O)c1ccc(OCC(F)(F)F)nc1)C1CCNC1.Cl. The molecule has 1 aromatic rings. The van der Waals surface area contributed by atoms with Crippen LogP contribution in [0.5, 0.6) is 5.88 Å². The zero-order valence-electron chi connectivity index (χ0n) is 11.9. The number of likely N-dealkylation sites (N-methyl/N-ethyl adjacent to an activating group) is 1. The number of hydrogen-bond acceptors (Lipinski definition) is 4. The maximum absolute atomic E-state index is 12.2. The van der Waals surface area contributed by atoms with Crippen LogP contribution in [-0.4, -0.2) is 54.8 Å². The third kappa shape index (κ3) is 5.03. The van der Waals surface area contributed by atoms with Gasteiger partial charge in [0, 0.05) is 31.9 Å². The molecule has 0 bridgehead atoms. The molecule has 1 N–H and O–H groups in total. The third-order valence-corrected chi connectivity index (χ3v) is 3.27. The number of rotatable bonds is 4. The van der Waals surface area contributed by atoms with Gasteiger partial charge in [-0.05, 0) is 19.0 Å². The summed E-state index contributed by atoms with van der Waals surface area (Å²) in [6, 6.07) is 2.80. The minimum atomic E-state index is -4.41. The lowest BCUT2D eigenvalue weighted by molar-refractivity contribution is -0.154. The zero-order chi connectivity index (χ0) is 15.5. The first kappa shape index (κ1) is 18.5. The average Bonchev–Trinajstić information content (AvgIpc) is 2.97. The van der Waals surface area contributed by atoms with Crippen molar-refractivity contribution in [2.75, 3.05) is 26.7 Å². The van der Waals surface area contributed by atoms with Gasteiger partial charge in [-0.25, -0.2) is 4.98 Å². The van der Waals surface area contributed by atoms with Crippen molar-refractivity contribution in [1.82, 2.24) is 15.2 Å². The van der Waals surface area contributed by atoms with Crippen molar-refractivity contribution in [3.05, 3.63) is 23.9 Å². The van der Waals surface area contributed by atoms with Gasteiger partial charge in [-0.15, -0.1) is 12.4 Å². The maximum atomic E-state index is 12.2. The van der Waals surface area contributed by atoms with Crippen molar-refractivity contribution in [3.8, 4) is 5.88 Å². The fourth-order valence-electron chi connectivity index (χ4n) is 2.09. The number of aromatic nitrogens is 1. The predicted octanol–water partition coefficient (Wildman–Crippen LogP) is 1.88. The van der Waals surface area contributed by atoms with Gasteiger partial charge in [0.05, 0.1) is 5.56 Å². The van der Waals surface area contributed by atoms with Crippen LogP contribution < -0.4 is 10.1 Å². The lowest BCUT2D eigenvalue weighted by Gasteiger charge is -2.23. The second-order valence-electron chi connectivity index (χ2n) is 4.85. The Labute approximate surface area is 132 Å². The average molecular weight is 340 g/mol. The van der Waals surface area contributed by atoms with Crippen LogP contribution in [0, 0.1) is 0 Å². The van der Waals surface area contributed by atoms with Gasteiger partial charge in [-0.3, -0.25) is 4.79 Å². The summed E-state index contributed by atoms with van der Waals surface area (Å²) in [5.74, 6) is -0.368. The lowest BCUT2D eigenvalue weighted by Crippen LogP contribution is -2.38. The summed E-state index contributed by atoms with van der Waals surface area (Å²) >= 11 is 0. The molecule has 1 atom stereocenters. The van der Waals surface area contributed by atoms with E-state index in [-0.39, 0.29) is 30.2 Å². The van der Waals surface area contributed by atoms with Gasteiger partial charge in [0.2, 0.25) is 5.88 Å². The summed E-state index contributed by atoms with van der Waals surface area (Å²) in [6.45, 7) is 0.203. The smallest absolute Gasteiger partial charge is 0.422 e. The molecule has 5 nitrogen and oxygen atoms in total. The minimum absolute atomic E-state index is 0. The highest BCUT2D eigenvalue weighted by molar-refractivity contribution is 5.94. The zero-order valence-corrected chi connectivity index (χ0v) is 12.7. The molecule has 1 saturated heterocycles. The summed E-state index contributed by atoms with van der Waals surface area (Å²) in [5.41, 5.74) is 0.323. The van der Waals surface area contributed by atoms with Crippen LogP contribution in [0.25, 0.3) is 0 Å². The second kappa shape index (κ2) is 7.64. The van der Waals surface area contributed by atoms with E-state index in [1.165, 1.54) is 18.3 Å². The number of halogens is 4. The number of nitrogens with zero attached hydrogens (tertiary/aromatic N) is 2. The molecule has 124 valence electrons. The maximum Gasteiger partial charge on any atom is 0.422 e. The van der Waals surface area contributed by atoms with E-state index in [1.54, 1.807) is 11.9 Å². The van der Waals surface area contributed by atoms with Gasteiger partial charge in [-0.2, -0.15) is 13.2 Å². The highest BCUT2D eigenvalue weighted by Crippen LogP contribution is 2.18. The number of carbonyl (C=O) groups excluding carboxylic acids is 1. The Kier molecular flexibility index (Phi) is 6.43. The summed E-state index contributed by atoms with van der Waals surface area (Å²) in [5, 5.41) is 3.16. The molecule has 2 rings (SSSR count). The van der Waals surface area contributed by atoms with E-state index in [0.717, 1.165) is 19.5 Å². The molecule has 0 aliphatic carbocycles. The molecule has 9 heteroatoms. The Bertz CT molecular complexity index is 490. The molecule has 1 aliphatic heterocycles. The van der Waals surface area contributed by atoms with E-state index in [0.29, 0.717) is 5.56 Å². The quantitative estimate of drug-likeness (QED) is 0.910. The van der Waals surface area contributed by atoms with Crippen molar-refractivity contribution in [1.29, 1.82) is 0 Å². The Hall–Kier alpha value is -1.54. The third-order valence-electron chi connectivity index (χ3n) is 3.27. The Morgan fingerprint density at radius 1 is 1.50 bits per heavy atom. The van der Waals surface area contributed by atoms with Crippen molar-refractivity contribution in [3.63, 3.8) is 0 Å². The van der Waals surface area contributed by atoms with Crippen LogP contribution >= 0.6 is 12.4 Å². The molecule has 1 aliphatic rings. The summed E-state index contributed by atoms with van der Waals surface area (Å²) in [7, 11) is 1.70. The number of amides is 1. The van der Waals surface area contributed by atoms with Crippen LogP contribution in [0.1, 0.15) is 16.8 Å². The van der Waals surface area contributed by atoms with E-state index < -0.39 is 12.8 Å². The summed E-state index contributed by atoms with van der Waals surface area (Å²) < 4.78 is 40.5. The van der Waals surface area contributed by atoms with Gasteiger partial charge in [0.15, 0.2) is 6.61 Å². The lowest BCUT2D eigenvalue weighted by atomic mass is 10.2. The number of ether oxygens (including phenoxy) is 1. The van der Waals surface area contributed by atoms with Gasteiger partial charge in [-0.1, -0.05) is 0 Å². The van der Waals surface area contributed by atoms with E-state index in [9.17, 15) is 18.0 Å². The van der Waals surface area contributed by atoms with Crippen molar-refractivity contribution in [2.24, 2.45) is 0 Å². The Balaban J connectivity index is 0.00000242. The molecule has 0 spiro atoms. The van der Waals surface area contributed by atoms with Crippen LogP contribution in [0.15, 0.2) is 18.3 Å². The molecular weight excluding hydrogens is 323 g/mol. The fraction of sp³-hybridized carbons (Fsp3) is 0.538. The molecule has 0 radical (unpaired) electrons. The number of pyridine rings is 1. The molecule has 22 heavy (non-hydrogen) atoms. The number of alkyl halides is 3. The normalized spacial score (nSPS) is 17.7. The molecule has 1 fully saturated rings.